The van der Waals surface area contributed by atoms with Gasteiger partial charge in [-0.15, -0.1) is 0 Å². The lowest BCUT2D eigenvalue weighted by molar-refractivity contribution is -0.127. The molecule has 0 aliphatic carbocycles. The molecule has 4 rings (SSSR count). The lowest BCUT2D eigenvalue weighted by atomic mass is 9.86. The molecular weight excluding hydrogens is 512 g/mol. The average molecular weight is 551 g/mol. The molecule has 0 spiro atoms. The number of anilines is 1. The fourth-order valence-electron chi connectivity index (χ4n) is 4.46. The summed E-state index contributed by atoms with van der Waals surface area (Å²) in [4.78, 5) is 13.3. The highest BCUT2D eigenvalue weighted by Gasteiger charge is 2.38. The smallest absolute Gasteiger partial charge is 0.264 e. The number of nitrogens with zero attached hydrogens (tertiary/aromatic N) is 1. The number of ether oxygens (including phenoxy) is 2. The highest BCUT2D eigenvalue weighted by molar-refractivity contribution is 7.92. The molecule has 1 N–H and O–H groups in total. The molecule has 0 fully saturated rings. The molecule has 39 heavy (non-hydrogen) atoms. The van der Waals surface area contributed by atoms with E-state index >= 15 is 0 Å². The van der Waals surface area contributed by atoms with Crippen molar-refractivity contribution in [1.29, 1.82) is 0 Å². The van der Waals surface area contributed by atoms with E-state index < -0.39 is 22.0 Å². The maximum absolute atomic E-state index is 13.7. The Morgan fingerprint density at radius 2 is 1.62 bits per heavy atom. The van der Waals surface area contributed by atoms with E-state index in [1.807, 2.05) is 36.4 Å². The normalized spacial score (nSPS) is 15.7. The van der Waals surface area contributed by atoms with Crippen molar-refractivity contribution in [2.45, 2.75) is 63.4 Å². The number of hydrogen-bond acceptors (Lipinski definition) is 5. The van der Waals surface area contributed by atoms with Gasteiger partial charge >= 0.3 is 0 Å². The molecule has 1 atom stereocenters. The van der Waals surface area contributed by atoms with Gasteiger partial charge in [-0.05, 0) is 52.3 Å². The summed E-state index contributed by atoms with van der Waals surface area (Å²) < 4.78 is 40.8. The summed E-state index contributed by atoms with van der Waals surface area (Å²) in [6.07, 6.45) is -1.02. The molecule has 1 aliphatic rings. The van der Waals surface area contributed by atoms with Crippen molar-refractivity contribution >= 4 is 21.6 Å². The van der Waals surface area contributed by atoms with Crippen molar-refractivity contribution in [2.24, 2.45) is 0 Å². The fraction of sp³-hybridized carbons (Fsp3) is 0.387. The Labute approximate surface area is 232 Å². The minimum Gasteiger partial charge on any atom is -0.491 e. The van der Waals surface area contributed by atoms with E-state index in [9.17, 15) is 13.2 Å². The fourth-order valence-corrected chi connectivity index (χ4v) is 5.95. The first-order valence-electron chi connectivity index (χ1n) is 13.2. The van der Waals surface area contributed by atoms with E-state index in [0.29, 0.717) is 11.4 Å². The van der Waals surface area contributed by atoms with Crippen LogP contribution in [0.3, 0.4) is 0 Å². The second-order valence-corrected chi connectivity index (χ2v) is 13.6. The minimum absolute atomic E-state index is 0.0796. The minimum atomic E-state index is -3.94. The van der Waals surface area contributed by atoms with Crippen molar-refractivity contribution in [3.8, 4) is 11.5 Å². The zero-order chi connectivity index (χ0) is 28.4. The molecule has 0 saturated heterocycles. The van der Waals surface area contributed by atoms with Gasteiger partial charge in [-0.25, -0.2) is 8.42 Å². The molecule has 208 valence electrons. The Kier molecular flexibility index (Phi) is 7.98. The number of carbonyl (C=O) groups excluding carboxylic acids is 1. The lowest BCUT2D eigenvalue weighted by Crippen LogP contribution is -2.51. The topological polar surface area (TPSA) is 84.9 Å². The van der Waals surface area contributed by atoms with Gasteiger partial charge in [0.25, 0.3) is 15.9 Å². The van der Waals surface area contributed by atoms with Crippen LogP contribution in [0.4, 0.5) is 5.69 Å². The van der Waals surface area contributed by atoms with E-state index in [2.05, 4.69) is 46.9 Å². The van der Waals surface area contributed by atoms with Crippen molar-refractivity contribution < 1.29 is 22.7 Å². The molecule has 1 aliphatic heterocycles. The first-order valence-corrected chi connectivity index (χ1v) is 14.6. The summed E-state index contributed by atoms with van der Waals surface area (Å²) in [5.41, 5.74) is 2.20. The van der Waals surface area contributed by atoms with Crippen LogP contribution in [0.1, 0.15) is 52.7 Å². The zero-order valence-electron chi connectivity index (χ0n) is 23.5. The molecular formula is C31H38N2O5S. The Morgan fingerprint density at radius 3 is 2.28 bits per heavy atom. The second kappa shape index (κ2) is 10.9. The van der Waals surface area contributed by atoms with Crippen molar-refractivity contribution in [1.82, 2.24) is 5.32 Å². The van der Waals surface area contributed by atoms with Gasteiger partial charge < -0.3 is 14.8 Å². The van der Waals surface area contributed by atoms with Gasteiger partial charge in [0.15, 0.2) is 6.10 Å². The van der Waals surface area contributed by atoms with E-state index in [1.54, 1.807) is 36.4 Å². The van der Waals surface area contributed by atoms with Crippen LogP contribution in [0, 0.1) is 0 Å². The van der Waals surface area contributed by atoms with Crippen LogP contribution in [0.2, 0.25) is 0 Å². The predicted octanol–water partition coefficient (Wildman–Crippen LogP) is 5.43. The number of rotatable bonds is 7. The van der Waals surface area contributed by atoms with E-state index in [1.165, 1.54) is 4.31 Å². The number of carbonyl (C=O) groups is 1. The second-order valence-electron chi connectivity index (χ2n) is 11.8. The van der Waals surface area contributed by atoms with Gasteiger partial charge in [0.1, 0.15) is 18.1 Å². The number of fused-ring (bicyclic) bond motifs is 1. The number of nitrogens with one attached hydrogen (secondary N) is 1. The molecule has 1 amide bonds. The van der Waals surface area contributed by atoms with Gasteiger partial charge in [0.05, 0.1) is 23.7 Å². The maximum atomic E-state index is 13.7. The summed E-state index contributed by atoms with van der Waals surface area (Å²) in [6, 6.07) is 21.6. The molecule has 3 aromatic carbocycles. The largest absolute Gasteiger partial charge is 0.491 e. The Morgan fingerprint density at radius 1 is 0.949 bits per heavy atom. The Hall–Kier alpha value is -3.52. The summed E-state index contributed by atoms with van der Waals surface area (Å²) in [5, 5.41) is 2.85. The number of sulfonamides is 1. The molecule has 0 saturated carbocycles. The van der Waals surface area contributed by atoms with Crippen LogP contribution in [-0.4, -0.2) is 40.1 Å². The first-order chi connectivity index (χ1) is 18.3. The maximum Gasteiger partial charge on any atom is 0.264 e. The summed E-state index contributed by atoms with van der Waals surface area (Å²) in [5.74, 6) is 0.725. The highest BCUT2D eigenvalue weighted by Crippen LogP contribution is 2.40. The van der Waals surface area contributed by atoms with Crippen LogP contribution in [0.15, 0.2) is 77.7 Å². The summed E-state index contributed by atoms with van der Waals surface area (Å²) in [6.45, 7) is 12.9. The van der Waals surface area contributed by atoms with E-state index in [-0.39, 0.29) is 35.4 Å². The van der Waals surface area contributed by atoms with Crippen LogP contribution >= 0.6 is 0 Å². The monoisotopic (exact) mass is 550 g/mol. The standard InChI is InChI=1S/C31H38N2O5S/c1-30(2,3)22-16-17-27-25(20-22)33(39(35,36)23-12-8-7-9-13-23)21-28(38-27)29(34)32-18-19-37-26-15-11-10-14-24(26)31(4,5)6/h7-17,20,28H,18-19,21H2,1-6H3,(H,32,34). The number of benzene rings is 3. The Bertz CT molecular complexity index is 1420. The van der Waals surface area contributed by atoms with Crippen molar-refractivity contribution in [3.05, 3.63) is 83.9 Å². The van der Waals surface area contributed by atoms with Crippen LogP contribution < -0.4 is 19.1 Å². The van der Waals surface area contributed by atoms with Crippen molar-refractivity contribution in [2.75, 3.05) is 24.0 Å². The van der Waals surface area contributed by atoms with E-state index in [4.69, 9.17) is 9.47 Å². The quantitative estimate of drug-likeness (QED) is 0.397. The molecule has 1 unspecified atom stereocenters. The molecule has 0 radical (unpaired) electrons. The van der Waals surface area contributed by atoms with Gasteiger partial charge in [-0.3, -0.25) is 9.10 Å². The third-order valence-electron chi connectivity index (χ3n) is 6.67. The predicted molar refractivity (Wildman–Crippen MR) is 154 cm³/mol. The molecule has 1 heterocycles. The summed E-state index contributed by atoms with van der Waals surface area (Å²) >= 11 is 0. The number of hydrogen-bond donors (Lipinski definition) is 1. The number of para-hydroxylation sites is 1. The molecule has 0 aromatic heterocycles. The molecule has 8 heteroatoms. The van der Waals surface area contributed by atoms with Gasteiger partial charge in [0.2, 0.25) is 0 Å². The van der Waals surface area contributed by atoms with Crippen LogP contribution in [0.5, 0.6) is 11.5 Å². The SMILES string of the molecule is CC(C)(C)c1ccc2c(c1)N(S(=O)(=O)c1ccccc1)CC(C(=O)NCCOc1ccccc1C(C)(C)C)O2. The molecule has 3 aromatic rings. The highest BCUT2D eigenvalue weighted by atomic mass is 32.2. The third-order valence-corrected chi connectivity index (χ3v) is 8.47. The third kappa shape index (κ3) is 6.38. The zero-order valence-corrected chi connectivity index (χ0v) is 24.3. The van der Waals surface area contributed by atoms with Gasteiger partial charge in [-0.2, -0.15) is 0 Å². The first kappa shape index (κ1) is 28.5. The molecule has 7 nitrogen and oxygen atoms in total. The Balaban J connectivity index is 1.52. The van der Waals surface area contributed by atoms with Crippen LogP contribution in [0.25, 0.3) is 0 Å². The van der Waals surface area contributed by atoms with Gasteiger partial charge in [-0.1, -0.05) is 84.0 Å². The van der Waals surface area contributed by atoms with Crippen LogP contribution in [-0.2, 0) is 25.6 Å². The van der Waals surface area contributed by atoms with Crippen molar-refractivity contribution in [3.63, 3.8) is 0 Å². The van der Waals surface area contributed by atoms with E-state index in [0.717, 1.165) is 16.9 Å². The average Bonchev–Trinajstić information content (AvgIpc) is 2.89. The number of amides is 1. The summed E-state index contributed by atoms with van der Waals surface area (Å²) in [7, 11) is -3.94. The lowest BCUT2D eigenvalue weighted by Gasteiger charge is -2.36. The van der Waals surface area contributed by atoms with Gasteiger partial charge in [0, 0.05) is 0 Å². The molecule has 0 bridgehead atoms.